The topological polar surface area (TPSA) is 97.7 Å². The SMILES string of the molecule is COCc1c(C(=O)N2C[C@H](CN(C)C)[C@@H](c3nnc(-c4ccccc4)o3)C2)noc1C. The van der Waals surface area contributed by atoms with E-state index in [0.29, 0.717) is 41.9 Å². The second-order valence-corrected chi connectivity index (χ2v) is 8.15. The molecular weight excluding hydrogens is 398 g/mol. The third-order valence-electron chi connectivity index (χ3n) is 5.58. The maximum Gasteiger partial charge on any atom is 0.276 e. The second-order valence-electron chi connectivity index (χ2n) is 8.15. The van der Waals surface area contributed by atoms with Crippen molar-refractivity contribution in [1.82, 2.24) is 25.2 Å². The van der Waals surface area contributed by atoms with Gasteiger partial charge in [0.15, 0.2) is 5.69 Å². The van der Waals surface area contributed by atoms with Crippen molar-refractivity contribution in [1.29, 1.82) is 0 Å². The molecule has 0 radical (unpaired) electrons. The Morgan fingerprint density at radius 3 is 2.71 bits per heavy atom. The molecule has 2 atom stereocenters. The van der Waals surface area contributed by atoms with Crippen molar-refractivity contribution in [2.45, 2.75) is 19.4 Å². The first kappa shape index (κ1) is 21.2. The smallest absolute Gasteiger partial charge is 0.276 e. The molecule has 0 spiro atoms. The standard InChI is InChI=1S/C22H27N5O4/c1-14-18(13-29-4)19(25-31-14)22(28)27-11-16(10-26(2)3)17(12-27)21-24-23-20(30-21)15-8-6-5-7-9-15/h5-9,16-17H,10-13H2,1-4H3/t16-,17-/m0/s1. The summed E-state index contributed by atoms with van der Waals surface area (Å²) >= 11 is 0. The van der Waals surface area contributed by atoms with Crippen LogP contribution in [0.25, 0.3) is 11.5 Å². The highest BCUT2D eigenvalue weighted by molar-refractivity contribution is 5.94. The second kappa shape index (κ2) is 8.99. The molecular formula is C22H27N5O4. The van der Waals surface area contributed by atoms with Gasteiger partial charge >= 0.3 is 0 Å². The lowest BCUT2D eigenvalue weighted by molar-refractivity contribution is 0.0769. The number of methoxy groups -OCH3 is 1. The Kier molecular flexibility index (Phi) is 6.15. The lowest BCUT2D eigenvalue weighted by atomic mass is 9.95. The number of amides is 1. The van der Waals surface area contributed by atoms with Gasteiger partial charge in [0.1, 0.15) is 5.76 Å². The monoisotopic (exact) mass is 425 g/mol. The van der Waals surface area contributed by atoms with Crippen molar-refractivity contribution in [2.24, 2.45) is 5.92 Å². The fourth-order valence-corrected chi connectivity index (χ4v) is 4.08. The Hall–Kier alpha value is -3.04. The van der Waals surface area contributed by atoms with Crippen molar-refractivity contribution in [3.8, 4) is 11.5 Å². The quantitative estimate of drug-likeness (QED) is 0.570. The van der Waals surface area contributed by atoms with E-state index >= 15 is 0 Å². The van der Waals surface area contributed by atoms with Crippen LogP contribution in [0.15, 0.2) is 39.3 Å². The zero-order valence-corrected chi connectivity index (χ0v) is 18.2. The molecule has 4 rings (SSSR count). The number of hydrogen-bond acceptors (Lipinski definition) is 8. The van der Waals surface area contributed by atoms with Gasteiger partial charge in [0.2, 0.25) is 11.8 Å². The van der Waals surface area contributed by atoms with E-state index in [1.54, 1.807) is 18.9 Å². The highest BCUT2D eigenvalue weighted by Gasteiger charge is 2.41. The van der Waals surface area contributed by atoms with E-state index in [9.17, 15) is 4.79 Å². The molecule has 3 aromatic rings. The Morgan fingerprint density at radius 1 is 1.23 bits per heavy atom. The summed E-state index contributed by atoms with van der Waals surface area (Å²) in [5.74, 6) is 1.55. The molecule has 0 bridgehead atoms. The summed E-state index contributed by atoms with van der Waals surface area (Å²) in [6.45, 7) is 3.90. The minimum absolute atomic E-state index is 0.0600. The third kappa shape index (κ3) is 4.38. The van der Waals surface area contributed by atoms with Gasteiger partial charge in [-0.3, -0.25) is 4.79 Å². The zero-order valence-electron chi connectivity index (χ0n) is 18.2. The van der Waals surface area contributed by atoms with E-state index < -0.39 is 0 Å². The molecule has 0 aliphatic carbocycles. The first-order chi connectivity index (χ1) is 15.0. The van der Waals surface area contributed by atoms with Crippen LogP contribution in [0, 0.1) is 12.8 Å². The fourth-order valence-electron chi connectivity index (χ4n) is 4.08. The summed E-state index contributed by atoms with van der Waals surface area (Å²) in [5.41, 5.74) is 1.86. The Labute approximate surface area is 181 Å². The van der Waals surface area contributed by atoms with Crippen LogP contribution in [0.5, 0.6) is 0 Å². The van der Waals surface area contributed by atoms with Crippen molar-refractivity contribution in [2.75, 3.05) is 40.8 Å². The number of benzene rings is 1. The first-order valence-electron chi connectivity index (χ1n) is 10.2. The van der Waals surface area contributed by atoms with Crippen LogP contribution >= 0.6 is 0 Å². The maximum absolute atomic E-state index is 13.3. The van der Waals surface area contributed by atoms with Gasteiger partial charge < -0.3 is 23.5 Å². The van der Waals surface area contributed by atoms with Gasteiger partial charge in [-0.1, -0.05) is 23.4 Å². The Balaban J connectivity index is 1.58. The van der Waals surface area contributed by atoms with E-state index in [1.165, 1.54) is 0 Å². The van der Waals surface area contributed by atoms with Crippen LogP contribution in [0.3, 0.4) is 0 Å². The number of aryl methyl sites for hydroxylation is 1. The summed E-state index contributed by atoms with van der Waals surface area (Å²) in [4.78, 5) is 17.2. The fraction of sp³-hybridized carbons (Fsp3) is 0.455. The number of hydrogen-bond donors (Lipinski definition) is 0. The number of carbonyl (C=O) groups excluding carboxylic acids is 1. The molecule has 1 aliphatic rings. The van der Waals surface area contributed by atoms with Gasteiger partial charge in [0, 0.05) is 38.2 Å². The van der Waals surface area contributed by atoms with E-state index in [-0.39, 0.29) is 24.3 Å². The molecule has 9 nitrogen and oxygen atoms in total. The molecule has 9 heteroatoms. The van der Waals surface area contributed by atoms with Gasteiger partial charge in [0.05, 0.1) is 18.1 Å². The summed E-state index contributed by atoms with van der Waals surface area (Å²) in [7, 11) is 5.62. The van der Waals surface area contributed by atoms with Crippen molar-refractivity contribution in [3.63, 3.8) is 0 Å². The van der Waals surface area contributed by atoms with E-state index in [4.69, 9.17) is 13.7 Å². The molecule has 1 fully saturated rings. The lowest BCUT2D eigenvalue weighted by Gasteiger charge is -2.19. The molecule has 164 valence electrons. The first-order valence-corrected chi connectivity index (χ1v) is 10.2. The van der Waals surface area contributed by atoms with Crippen molar-refractivity contribution >= 4 is 5.91 Å². The summed E-state index contributed by atoms with van der Waals surface area (Å²) in [6, 6.07) is 9.67. The van der Waals surface area contributed by atoms with Gasteiger partial charge in [0.25, 0.3) is 5.91 Å². The number of rotatable bonds is 7. The summed E-state index contributed by atoms with van der Waals surface area (Å²) in [6.07, 6.45) is 0. The molecule has 1 saturated heterocycles. The number of aromatic nitrogens is 3. The highest BCUT2D eigenvalue weighted by Crippen LogP contribution is 2.35. The molecule has 3 heterocycles. The Bertz CT molecular complexity index is 1030. The van der Waals surface area contributed by atoms with Crippen LogP contribution in [-0.2, 0) is 11.3 Å². The average Bonchev–Trinajstić information content (AvgIpc) is 3.48. The maximum atomic E-state index is 13.3. The molecule has 31 heavy (non-hydrogen) atoms. The molecule has 1 amide bonds. The van der Waals surface area contributed by atoms with Crippen LogP contribution in [0.4, 0.5) is 0 Å². The number of ether oxygens (including phenoxy) is 1. The molecule has 0 saturated carbocycles. The number of carbonyl (C=O) groups is 1. The van der Waals surface area contributed by atoms with Gasteiger partial charge in [-0.15, -0.1) is 10.2 Å². The largest absolute Gasteiger partial charge is 0.420 e. The summed E-state index contributed by atoms with van der Waals surface area (Å²) in [5, 5.41) is 12.6. The van der Waals surface area contributed by atoms with Gasteiger partial charge in [-0.05, 0) is 33.2 Å². The van der Waals surface area contributed by atoms with E-state index in [1.807, 2.05) is 44.4 Å². The van der Waals surface area contributed by atoms with Crippen LogP contribution in [0.1, 0.15) is 33.6 Å². The lowest BCUT2D eigenvalue weighted by Crippen LogP contribution is -2.31. The average molecular weight is 425 g/mol. The zero-order chi connectivity index (χ0) is 22.0. The molecule has 2 aromatic heterocycles. The molecule has 0 N–H and O–H groups in total. The molecule has 1 aliphatic heterocycles. The Morgan fingerprint density at radius 2 is 2.00 bits per heavy atom. The van der Waals surface area contributed by atoms with Crippen molar-refractivity contribution in [3.05, 3.63) is 53.2 Å². The van der Waals surface area contributed by atoms with E-state index in [0.717, 1.165) is 12.1 Å². The molecule has 1 aromatic carbocycles. The van der Waals surface area contributed by atoms with Crippen LogP contribution in [0.2, 0.25) is 0 Å². The summed E-state index contributed by atoms with van der Waals surface area (Å²) < 4.78 is 16.5. The van der Waals surface area contributed by atoms with Crippen LogP contribution < -0.4 is 0 Å². The number of nitrogens with zero attached hydrogens (tertiary/aromatic N) is 5. The van der Waals surface area contributed by atoms with Crippen LogP contribution in [-0.4, -0.2) is 71.9 Å². The number of likely N-dealkylation sites (tertiary alicyclic amines) is 1. The minimum atomic E-state index is -0.169. The predicted molar refractivity (Wildman–Crippen MR) is 112 cm³/mol. The third-order valence-corrected chi connectivity index (χ3v) is 5.58. The van der Waals surface area contributed by atoms with Gasteiger partial charge in [-0.25, -0.2) is 0 Å². The predicted octanol–water partition coefficient (Wildman–Crippen LogP) is 2.60. The van der Waals surface area contributed by atoms with Gasteiger partial charge in [-0.2, -0.15) is 0 Å². The minimum Gasteiger partial charge on any atom is -0.420 e. The highest BCUT2D eigenvalue weighted by atomic mass is 16.5. The van der Waals surface area contributed by atoms with E-state index in [2.05, 4.69) is 20.3 Å². The molecule has 0 unspecified atom stereocenters. The normalized spacial score (nSPS) is 18.8. The van der Waals surface area contributed by atoms with Crippen molar-refractivity contribution < 1.29 is 18.5 Å².